The Morgan fingerprint density at radius 2 is 1.82 bits per heavy atom. The molecule has 0 unspecified atom stereocenters. The maximum absolute atomic E-state index is 11.6. The van der Waals surface area contributed by atoms with Gasteiger partial charge in [0.15, 0.2) is 5.92 Å². The molecule has 0 radical (unpaired) electrons. The molecule has 0 heterocycles. The average molecular weight is 327 g/mol. The third-order valence-corrected chi connectivity index (χ3v) is 3.12. The second-order valence-corrected chi connectivity index (χ2v) is 4.40. The highest BCUT2D eigenvalue weighted by Gasteiger charge is 2.26. The van der Waals surface area contributed by atoms with Crippen LogP contribution in [0.1, 0.15) is 10.4 Å². The van der Waals surface area contributed by atoms with Crippen LogP contribution in [-0.4, -0.2) is 45.3 Å². The maximum Gasteiger partial charge on any atom is 0.325 e. The monoisotopic (exact) mass is 326 g/mol. The number of aliphatic imine (C=N–C) groups is 1. The molecule has 0 aliphatic heterocycles. The fourth-order valence-corrected chi connectivity index (χ4v) is 1.82. The number of hydrogen-bond acceptors (Lipinski definition) is 6. The predicted molar refractivity (Wildman–Crippen MR) is 80.5 cm³/mol. The van der Waals surface area contributed by atoms with Gasteiger partial charge in [0.1, 0.15) is 0 Å². The van der Waals surface area contributed by atoms with Crippen LogP contribution in [0.2, 0.25) is 5.02 Å². The zero-order chi connectivity index (χ0) is 16.7. The lowest BCUT2D eigenvalue weighted by Gasteiger charge is -2.08. The van der Waals surface area contributed by atoms with Crippen molar-refractivity contribution in [3.63, 3.8) is 0 Å². The van der Waals surface area contributed by atoms with Crippen molar-refractivity contribution in [2.45, 2.75) is 0 Å². The Morgan fingerprint density at radius 3 is 2.32 bits per heavy atom. The molecule has 0 spiro atoms. The fraction of sp³-hybridized carbons (Fsp3) is 0.286. The molecule has 118 valence electrons. The zero-order valence-electron chi connectivity index (χ0n) is 12.3. The summed E-state index contributed by atoms with van der Waals surface area (Å²) in [4.78, 5) is 38.7. The molecule has 8 heteroatoms. The predicted octanol–water partition coefficient (Wildman–Crippen LogP) is 1.36. The Morgan fingerprint density at radius 1 is 1.23 bits per heavy atom. The van der Waals surface area contributed by atoms with Gasteiger partial charge >= 0.3 is 11.9 Å². The minimum atomic E-state index is -1.31. The number of esters is 2. The van der Waals surface area contributed by atoms with Crippen LogP contribution >= 0.6 is 11.6 Å². The lowest BCUT2D eigenvalue weighted by molar-refractivity contribution is -0.154. The van der Waals surface area contributed by atoms with Crippen LogP contribution in [0, 0.1) is 5.92 Å². The molecule has 22 heavy (non-hydrogen) atoms. The van der Waals surface area contributed by atoms with Gasteiger partial charge in [-0.2, -0.15) is 0 Å². The zero-order valence-corrected chi connectivity index (χ0v) is 13.0. The second-order valence-electron chi connectivity index (χ2n) is 4.02. The third-order valence-electron chi connectivity index (χ3n) is 2.72. The number of nitrogens with one attached hydrogen (secondary N) is 1. The molecule has 1 N–H and O–H groups in total. The lowest BCUT2D eigenvalue weighted by atomic mass is 10.1. The Bertz CT molecular complexity index is 599. The van der Waals surface area contributed by atoms with Crippen LogP contribution in [0.25, 0.3) is 0 Å². The van der Waals surface area contributed by atoms with E-state index >= 15 is 0 Å². The molecule has 1 rings (SSSR count). The normalized spacial score (nSPS) is 10.6. The molecule has 0 atom stereocenters. The van der Waals surface area contributed by atoms with Gasteiger partial charge in [-0.3, -0.25) is 19.4 Å². The quantitative estimate of drug-likeness (QED) is 0.501. The van der Waals surface area contributed by atoms with E-state index in [2.05, 4.69) is 19.8 Å². The number of rotatable bonds is 5. The van der Waals surface area contributed by atoms with Crippen LogP contribution in [0.15, 0.2) is 23.2 Å². The van der Waals surface area contributed by atoms with Crippen molar-refractivity contribution < 1.29 is 23.9 Å². The third kappa shape index (κ3) is 4.05. The summed E-state index contributed by atoms with van der Waals surface area (Å²) in [6, 6.07) is 4.64. The number of amides is 1. The summed E-state index contributed by atoms with van der Waals surface area (Å²) >= 11 is 6.09. The van der Waals surface area contributed by atoms with Crippen LogP contribution < -0.4 is 5.32 Å². The summed E-state index contributed by atoms with van der Waals surface area (Å²) in [5.41, 5.74) is 0.465. The Hall–Kier alpha value is -2.41. The standard InChI is InChI=1S/C14H15ClN2O5/c1-16-12(18)8-5-4-6-10(11(8)15)17-7-9(13(19)21-2)14(20)22-3/h4-7,9H,1-3H3,(H,16,18). The molecule has 0 aliphatic rings. The summed E-state index contributed by atoms with van der Waals surface area (Å²) in [6.45, 7) is 0. The van der Waals surface area contributed by atoms with E-state index in [0.29, 0.717) is 0 Å². The average Bonchev–Trinajstić information content (AvgIpc) is 2.54. The van der Waals surface area contributed by atoms with Crippen LogP contribution in [0.5, 0.6) is 0 Å². The highest BCUT2D eigenvalue weighted by atomic mass is 35.5. The topological polar surface area (TPSA) is 94.1 Å². The molecule has 1 amide bonds. The van der Waals surface area contributed by atoms with Crippen LogP contribution in [-0.2, 0) is 19.1 Å². The van der Waals surface area contributed by atoms with Gasteiger partial charge in [-0.1, -0.05) is 17.7 Å². The summed E-state index contributed by atoms with van der Waals surface area (Å²) in [5.74, 6) is -3.31. The first kappa shape index (κ1) is 17.6. The van der Waals surface area contributed by atoms with E-state index in [1.807, 2.05) is 0 Å². The van der Waals surface area contributed by atoms with Gasteiger partial charge in [0.2, 0.25) is 0 Å². The molecule has 0 saturated heterocycles. The number of ether oxygens (including phenoxy) is 2. The molecule has 0 saturated carbocycles. The molecule has 0 aromatic heterocycles. The molecule has 0 fully saturated rings. The Labute approximate surface area is 132 Å². The van der Waals surface area contributed by atoms with Crippen molar-refractivity contribution in [3.8, 4) is 0 Å². The molecule has 0 bridgehead atoms. The second kappa shape index (κ2) is 8.14. The largest absolute Gasteiger partial charge is 0.468 e. The number of benzene rings is 1. The van der Waals surface area contributed by atoms with Crippen molar-refractivity contribution >= 4 is 41.3 Å². The number of halogens is 1. The minimum Gasteiger partial charge on any atom is -0.468 e. The first-order valence-corrected chi connectivity index (χ1v) is 6.54. The molecular formula is C14H15ClN2O5. The Balaban J connectivity index is 3.13. The molecule has 1 aromatic rings. The van der Waals surface area contributed by atoms with Crippen molar-refractivity contribution in [1.29, 1.82) is 0 Å². The van der Waals surface area contributed by atoms with Crippen LogP contribution in [0.3, 0.4) is 0 Å². The van der Waals surface area contributed by atoms with Gasteiger partial charge < -0.3 is 14.8 Å². The first-order chi connectivity index (χ1) is 10.5. The smallest absolute Gasteiger partial charge is 0.325 e. The number of hydrogen-bond donors (Lipinski definition) is 1. The molecular weight excluding hydrogens is 312 g/mol. The van der Waals surface area contributed by atoms with E-state index in [1.54, 1.807) is 6.07 Å². The highest BCUT2D eigenvalue weighted by molar-refractivity contribution is 6.36. The lowest BCUT2D eigenvalue weighted by Crippen LogP contribution is -2.27. The maximum atomic E-state index is 11.6. The summed E-state index contributed by atoms with van der Waals surface area (Å²) < 4.78 is 9.01. The van der Waals surface area contributed by atoms with Gasteiger partial charge in [0.05, 0.1) is 30.5 Å². The molecule has 1 aromatic carbocycles. The number of nitrogens with zero attached hydrogens (tertiary/aromatic N) is 1. The SMILES string of the molecule is CNC(=O)c1cccc(N=CC(C(=O)OC)C(=O)OC)c1Cl. The number of carbonyl (C=O) groups is 3. The Kier molecular flexibility index (Phi) is 6.52. The van der Waals surface area contributed by atoms with Gasteiger partial charge in [0.25, 0.3) is 5.91 Å². The van der Waals surface area contributed by atoms with E-state index in [0.717, 1.165) is 20.4 Å². The van der Waals surface area contributed by atoms with E-state index in [4.69, 9.17) is 11.6 Å². The van der Waals surface area contributed by atoms with Crippen molar-refractivity contribution in [3.05, 3.63) is 28.8 Å². The summed E-state index contributed by atoms with van der Waals surface area (Å²) in [5, 5.41) is 2.55. The summed E-state index contributed by atoms with van der Waals surface area (Å²) in [6.07, 6.45) is 1.06. The number of carbonyl (C=O) groups excluding carboxylic acids is 3. The number of methoxy groups -OCH3 is 2. The molecule has 7 nitrogen and oxygen atoms in total. The minimum absolute atomic E-state index is 0.103. The highest BCUT2D eigenvalue weighted by Crippen LogP contribution is 2.28. The van der Waals surface area contributed by atoms with Crippen molar-refractivity contribution in [1.82, 2.24) is 5.32 Å². The van der Waals surface area contributed by atoms with E-state index in [-0.39, 0.29) is 22.2 Å². The molecule has 0 aliphatic carbocycles. The van der Waals surface area contributed by atoms with E-state index in [9.17, 15) is 14.4 Å². The van der Waals surface area contributed by atoms with Gasteiger partial charge in [-0.05, 0) is 12.1 Å². The van der Waals surface area contributed by atoms with E-state index in [1.165, 1.54) is 19.2 Å². The summed E-state index contributed by atoms with van der Waals surface area (Å²) in [7, 11) is 3.76. The van der Waals surface area contributed by atoms with Gasteiger partial charge in [0, 0.05) is 13.3 Å². The van der Waals surface area contributed by atoms with Gasteiger partial charge in [-0.15, -0.1) is 0 Å². The van der Waals surface area contributed by atoms with Crippen LogP contribution in [0.4, 0.5) is 5.69 Å². The fourth-order valence-electron chi connectivity index (χ4n) is 1.56. The van der Waals surface area contributed by atoms with E-state index < -0.39 is 17.9 Å². The van der Waals surface area contributed by atoms with Crippen molar-refractivity contribution in [2.24, 2.45) is 10.9 Å². The van der Waals surface area contributed by atoms with Crippen molar-refractivity contribution in [2.75, 3.05) is 21.3 Å². The van der Waals surface area contributed by atoms with Gasteiger partial charge in [-0.25, -0.2) is 0 Å². The first-order valence-electron chi connectivity index (χ1n) is 6.16.